The molecule has 3 nitrogen and oxygen atoms in total. The van der Waals surface area contributed by atoms with E-state index >= 15 is 0 Å². The number of alkyl halides is 3. The fourth-order valence-corrected chi connectivity index (χ4v) is 2.17. The Bertz CT molecular complexity index is 562. The van der Waals surface area contributed by atoms with Crippen LogP contribution in [-0.4, -0.2) is 17.5 Å². The van der Waals surface area contributed by atoms with Gasteiger partial charge in [-0.05, 0) is 42.0 Å². The molecule has 0 radical (unpaired) electrons. The minimum absolute atomic E-state index is 0.0848. The molecule has 0 saturated heterocycles. The first-order valence-electron chi connectivity index (χ1n) is 6.58. The molecule has 0 fully saturated rings. The number of halogens is 3. The van der Waals surface area contributed by atoms with E-state index in [2.05, 4.69) is 5.32 Å². The number of thioether (sulfide) groups is 1. The van der Waals surface area contributed by atoms with Crippen molar-refractivity contribution in [2.45, 2.75) is 36.2 Å². The number of amides is 1. The standard InChI is InChI=1S/C15H15F3N2OS/c1-2-3-12(10-19)20-14(21)9-6-11-4-7-13(8-5-11)22-15(16,17)18/h4-9,12H,2-3H2,1H3,(H,20,21)/b9-6+. The summed E-state index contributed by atoms with van der Waals surface area (Å²) in [5.41, 5.74) is -3.71. The summed E-state index contributed by atoms with van der Waals surface area (Å²) in [6.07, 6.45) is 4.09. The summed E-state index contributed by atoms with van der Waals surface area (Å²) in [5.74, 6) is -0.409. The van der Waals surface area contributed by atoms with Gasteiger partial charge in [-0.2, -0.15) is 18.4 Å². The number of carbonyl (C=O) groups excluding carboxylic acids is 1. The van der Waals surface area contributed by atoms with E-state index in [1.54, 1.807) is 0 Å². The zero-order chi connectivity index (χ0) is 16.6. The molecule has 0 spiro atoms. The monoisotopic (exact) mass is 328 g/mol. The Balaban J connectivity index is 2.59. The summed E-state index contributed by atoms with van der Waals surface area (Å²) in [7, 11) is 0. The molecule has 0 aliphatic rings. The Morgan fingerprint density at radius 2 is 2.05 bits per heavy atom. The molecule has 7 heteroatoms. The zero-order valence-electron chi connectivity index (χ0n) is 11.9. The lowest BCUT2D eigenvalue weighted by atomic mass is 10.2. The Hall–Kier alpha value is -1.94. The largest absolute Gasteiger partial charge is 0.446 e. The van der Waals surface area contributed by atoms with Gasteiger partial charge in [0.15, 0.2) is 0 Å². The summed E-state index contributed by atoms with van der Waals surface area (Å²) in [6.45, 7) is 1.91. The van der Waals surface area contributed by atoms with Crippen LogP contribution in [0.2, 0.25) is 0 Å². The van der Waals surface area contributed by atoms with Crippen molar-refractivity contribution in [1.82, 2.24) is 5.32 Å². The topological polar surface area (TPSA) is 52.9 Å². The highest BCUT2D eigenvalue weighted by atomic mass is 32.2. The number of nitrogens with zero attached hydrogens (tertiary/aromatic N) is 1. The highest BCUT2D eigenvalue weighted by Gasteiger charge is 2.28. The van der Waals surface area contributed by atoms with E-state index in [4.69, 9.17) is 5.26 Å². The predicted octanol–water partition coefficient (Wildman–Crippen LogP) is 4.12. The van der Waals surface area contributed by atoms with Gasteiger partial charge in [-0.15, -0.1) is 0 Å². The predicted molar refractivity (Wildman–Crippen MR) is 79.8 cm³/mol. The fourth-order valence-electron chi connectivity index (χ4n) is 1.63. The summed E-state index contributed by atoms with van der Waals surface area (Å²) in [4.78, 5) is 11.7. The zero-order valence-corrected chi connectivity index (χ0v) is 12.7. The average Bonchev–Trinajstić information content (AvgIpc) is 2.44. The van der Waals surface area contributed by atoms with Crippen LogP contribution in [0.1, 0.15) is 25.3 Å². The molecular formula is C15H15F3N2OS. The number of carbonyl (C=O) groups is 1. The van der Waals surface area contributed by atoms with Gasteiger partial charge in [0.2, 0.25) is 5.91 Å². The van der Waals surface area contributed by atoms with Crippen LogP contribution >= 0.6 is 11.8 Å². The van der Waals surface area contributed by atoms with Crippen molar-refractivity contribution in [2.75, 3.05) is 0 Å². The van der Waals surface area contributed by atoms with E-state index < -0.39 is 17.5 Å². The number of benzene rings is 1. The molecule has 1 rings (SSSR count). The van der Waals surface area contributed by atoms with Crippen LogP contribution in [0.4, 0.5) is 13.2 Å². The van der Waals surface area contributed by atoms with Crippen LogP contribution < -0.4 is 5.32 Å². The third-order valence-electron chi connectivity index (χ3n) is 2.59. The Morgan fingerprint density at radius 3 is 2.55 bits per heavy atom. The maximum absolute atomic E-state index is 12.2. The Kier molecular flexibility index (Phi) is 6.99. The van der Waals surface area contributed by atoms with Gasteiger partial charge in [-0.3, -0.25) is 4.79 Å². The van der Waals surface area contributed by atoms with Crippen molar-refractivity contribution < 1.29 is 18.0 Å². The second kappa shape index (κ2) is 8.49. The SMILES string of the molecule is CCCC(C#N)NC(=O)/C=C/c1ccc(SC(F)(F)F)cc1. The molecule has 0 aliphatic carbocycles. The maximum atomic E-state index is 12.2. The van der Waals surface area contributed by atoms with Gasteiger partial charge in [0.05, 0.1) is 6.07 Å². The fraction of sp³-hybridized carbons (Fsp3) is 0.333. The normalized spacial score (nSPS) is 12.9. The van der Waals surface area contributed by atoms with E-state index in [-0.39, 0.29) is 16.7 Å². The van der Waals surface area contributed by atoms with E-state index in [0.29, 0.717) is 12.0 Å². The van der Waals surface area contributed by atoms with Gasteiger partial charge in [-0.25, -0.2) is 0 Å². The molecule has 1 atom stereocenters. The lowest BCUT2D eigenvalue weighted by Gasteiger charge is -2.07. The first-order valence-corrected chi connectivity index (χ1v) is 7.39. The summed E-state index contributed by atoms with van der Waals surface area (Å²) < 4.78 is 36.5. The number of nitrogens with one attached hydrogen (secondary N) is 1. The lowest BCUT2D eigenvalue weighted by molar-refractivity contribution is -0.116. The average molecular weight is 328 g/mol. The van der Waals surface area contributed by atoms with Gasteiger partial charge >= 0.3 is 5.51 Å². The van der Waals surface area contributed by atoms with Crippen LogP contribution in [0.15, 0.2) is 35.2 Å². The quantitative estimate of drug-likeness (QED) is 0.631. The summed E-state index contributed by atoms with van der Waals surface area (Å²) in [6, 6.07) is 7.11. The van der Waals surface area contributed by atoms with Crippen molar-refractivity contribution in [2.24, 2.45) is 0 Å². The second-order valence-electron chi connectivity index (χ2n) is 4.43. The highest BCUT2D eigenvalue weighted by Crippen LogP contribution is 2.36. The number of rotatable bonds is 6. The third kappa shape index (κ3) is 7.18. The first-order chi connectivity index (χ1) is 10.3. The summed E-state index contributed by atoms with van der Waals surface area (Å²) in [5, 5.41) is 11.4. The van der Waals surface area contributed by atoms with Crippen molar-refractivity contribution in [3.05, 3.63) is 35.9 Å². The molecule has 0 bridgehead atoms. The van der Waals surface area contributed by atoms with Crippen LogP contribution in [0.3, 0.4) is 0 Å². The second-order valence-corrected chi connectivity index (χ2v) is 5.57. The molecule has 0 saturated carbocycles. The molecule has 0 aromatic heterocycles. The number of nitriles is 1. The smallest absolute Gasteiger partial charge is 0.337 e. The number of hydrogen-bond acceptors (Lipinski definition) is 3. The molecule has 22 heavy (non-hydrogen) atoms. The van der Waals surface area contributed by atoms with Crippen LogP contribution in [0.5, 0.6) is 0 Å². The van der Waals surface area contributed by atoms with Gasteiger partial charge in [0.25, 0.3) is 0 Å². The van der Waals surface area contributed by atoms with Crippen LogP contribution in [0, 0.1) is 11.3 Å². The molecule has 0 aliphatic heterocycles. The van der Waals surface area contributed by atoms with Crippen molar-refractivity contribution in [1.29, 1.82) is 5.26 Å². The molecule has 0 heterocycles. The van der Waals surface area contributed by atoms with Crippen molar-refractivity contribution >= 4 is 23.7 Å². The summed E-state index contributed by atoms with van der Waals surface area (Å²) >= 11 is -0.189. The van der Waals surface area contributed by atoms with Gasteiger partial charge in [0.1, 0.15) is 6.04 Å². The Labute approximate surface area is 131 Å². The molecular weight excluding hydrogens is 313 g/mol. The van der Waals surface area contributed by atoms with Crippen LogP contribution in [-0.2, 0) is 4.79 Å². The molecule has 1 N–H and O–H groups in total. The van der Waals surface area contributed by atoms with Gasteiger partial charge in [-0.1, -0.05) is 25.5 Å². The van der Waals surface area contributed by atoms with Crippen LogP contribution in [0.25, 0.3) is 6.08 Å². The van der Waals surface area contributed by atoms with Gasteiger partial charge < -0.3 is 5.32 Å². The maximum Gasteiger partial charge on any atom is 0.446 e. The molecule has 118 valence electrons. The molecule has 1 amide bonds. The minimum atomic E-state index is -4.32. The van der Waals surface area contributed by atoms with Gasteiger partial charge in [0, 0.05) is 11.0 Å². The van der Waals surface area contributed by atoms with E-state index in [0.717, 1.165) is 6.42 Å². The molecule has 1 unspecified atom stereocenters. The molecule has 1 aromatic rings. The van der Waals surface area contributed by atoms with Crippen molar-refractivity contribution in [3.63, 3.8) is 0 Å². The highest BCUT2D eigenvalue weighted by molar-refractivity contribution is 8.00. The van der Waals surface area contributed by atoms with Crippen molar-refractivity contribution in [3.8, 4) is 6.07 Å². The van der Waals surface area contributed by atoms with E-state index in [1.165, 1.54) is 36.4 Å². The van der Waals surface area contributed by atoms with E-state index in [1.807, 2.05) is 13.0 Å². The Morgan fingerprint density at radius 1 is 1.41 bits per heavy atom. The first kappa shape index (κ1) is 18.1. The van der Waals surface area contributed by atoms with E-state index in [9.17, 15) is 18.0 Å². The third-order valence-corrected chi connectivity index (χ3v) is 3.33. The minimum Gasteiger partial charge on any atom is -0.337 e. The lowest BCUT2D eigenvalue weighted by Crippen LogP contribution is -2.32. The molecule has 1 aromatic carbocycles. The number of hydrogen-bond donors (Lipinski definition) is 1.